The number of sulfonamides is 1. The van der Waals surface area contributed by atoms with E-state index in [0.29, 0.717) is 6.54 Å². The normalized spacial score (nSPS) is 13.0. The standard InChI is InChI=1S/C12H20N2O3S/c1-12(2,9-15)14(3)18(16,17)11-6-4-10(8-13)5-7-11/h4-7,15H,8-9,13H2,1-3H3. The molecule has 0 atom stereocenters. The molecule has 0 aliphatic carbocycles. The lowest BCUT2D eigenvalue weighted by Crippen LogP contribution is -2.47. The van der Waals surface area contributed by atoms with E-state index >= 15 is 0 Å². The van der Waals surface area contributed by atoms with E-state index in [4.69, 9.17) is 5.73 Å². The molecule has 102 valence electrons. The predicted molar refractivity (Wildman–Crippen MR) is 70.4 cm³/mol. The summed E-state index contributed by atoms with van der Waals surface area (Å²) >= 11 is 0. The van der Waals surface area contributed by atoms with Crippen molar-refractivity contribution in [2.75, 3.05) is 13.7 Å². The number of aliphatic hydroxyl groups is 1. The zero-order valence-electron chi connectivity index (χ0n) is 10.9. The Hall–Kier alpha value is -0.950. The van der Waals surface area contributed by atoms with Crippen LogP contribution >= 0.6 is 0 Å². The van der Waals surface area contributed by atoms with Gasteiger partial charge in [0.05, 0.1) is 17.0 Å². The summed E-state index contributed by atoms with van der Waals surface area (Å²) < 4.78 is 25.8. The van der Waals surface area contributed by atoms with Gasteiger partial charge < -0.3 is 10.8 Å². The molecule has 0 amide bonds. The number of nitrogens with zero attached hydrogens (tertiary/aromatic N) is 1. The van der Waals surface area contributed by atoms with Gasteiger partial charge in [0.15, 0.2) is 0 Å². The fourth-order valence-electron chi connectivity index (χ4n) is 1.38. The molecule has 1 aromatic carbocycles. The fraction of sp³-hybridized carbons (Fsp3) is 0.500. The van der Waals surface area contributed by atoms with E-state index in [1.165, 1.54) is 23.5 Å². The number of hydrogen-bond donors (Lipinski definition) is 2. The van der Waals surface area contributed by atoms with Crippen molar-refractivity contribution in [2.24, 2.45) is 5.73 Å². The minimum absolute atomic E-state index is 0.198. The molecule has 3 N–H and O–H groups in total. The molecular weight excluding hydrogens is 252 g/mol. The highest BCUT2D eigenvalue weighted by Crippen LogP contribution is 2.22. The Kier molecular flexibility index (Phi) is 4.50. The lowest BCUT2D eigenvalue weighted by atomic mass is 10.1. The molecule has 0 aliphatic heterocycles. The van der Waals surface area contributed by atoms with E-state index in [1.807, 2.05) is 0 Å². The fourth-order valence-corrected chi connectivity index (χ4v) is 2.89. The van der Waals surface area contributed by atoms with Crippen LogP contribution in [0.5, 0.6) is 0 Å². The van der Waals surface area contributed by atoms with Crippen molar-refractivity contribution in [3.05, 3.63) is 29.8 Å². The van der Waals surface area contributed by atoms with Crippen molar-refractivity contribution in [3.8, 4) is 0 Å². The van der Waals surface area contributed by atoms with Crippen molar-refractivity contribution >= 4 is 10.0 Å². The van der Waals surface area contributed by atoms with Gasteiger partial charge in [0.1, 0.15) is 0 Å². The van der Waals surface area contributed by atoms with Crippen LogP contribution in [0.15, 0.2) is 29.2 Å². The summed E-state index contributed by atoms with van der Waals surface area (Å²) in [5, 5.41) is 9.23. The average Bonchev–Trinajstić information content (AvgIpc) is 2.37. The first-order chi connectivity index (χ1) is 8.25. The highest BCUT2D eigenvalue weighted by Gasteiger charge is 2.33. The van der Waals surface area contributed by atoms with Crippen LogP contribution in [0.2, 0.25) is 0 Å². The Bertz CT molecular complexity index is 495. The van der Waals surface area contributed by atoms with E-state index in [0.717, 1.165) is 5.56 Å². The first-order valence-electron chi connectivity index (χ1n) is 5.64. The zero-order valence-corrected chi connectivity index (χ0v) is 11.7. The summed E-state index contributed by atoms with van der Waals surface area (Å²) in [6.07, 6.45) is 0. The Morgan fingerprint density at radius 2 is 1.78 bits per heavy atom. The molecule has 18 heavy (non-hydrogen) atoms. The Labute approximate surface area is 108 Å². The topological polar surface area (TPSA) is 83.6 Å². The number of aliphatic hydroxyl groups excluding tert-OH is 1. The van der Waals surface area contributed by atoms with Crippen LogP contribution in [0.4, 0.5) is 0 Å². The minimum Gasteiger partial charge on any atom is -0.394 e. The summed E-state index contributed by atoms with van der Waals surface area (Å²) in [5.41, 5.74) is 5.50. The van der Waals surface area contributed by atoms with Crippen LogP contribution in [0.3, 0.4) is 0 Å². The second kappa shape index (κ2) is 5.36. The third-order valence-electron chi connectivity index (χ3n) is 3.06. The van der Waals surface area contributed by atoms with Crippen LogP contribution in [0.25, 0.3) is 0 Å². The summed E-state index contributed by atoms with van der Waals surface area (Å²) in [6, 6.07) is 6.43. The summed E-state index contributed by atoms with van der Waals surface area (Å²) in [7, 11) is -2.14. The molecule has 6 heteroatoms. The molecule has 0 saturated heterocycles. The number of likely N-dealkylation sites (N-methyl/N-ethyl adjacent to an activating group) is 1. The van der Waals surface area contributed by atoms with E-state index in [-0.39, 0.29) is 11.5 Å². The van der Waals surface area contributed by atoms with Gasteiger partial charge in [-0.2, -0.15) is 4.31 Å². The lowest BCUT2D eigenvalue weighted by molar-refractivity contribution is 0.138. The van der Waals surface area contributed by atoms with E-state index in [1.54, 1.807) is 26.0 Å². The molecule has 0 fully saturated rings. The zero-order chi connectivity index (χ0) is 14.0. The number of benzene rings is 1. The van der Waals surface area contributed by atoms with Crippen LogP contribution in [0.1, 0.15) is 19.4 Å². The number of nitrogens with two attached hydrogens (primary N) is 1. The molecule has 0 radical (unpaired) electrons. The smallest absolute Gasteiger partial charge is 0.243 e. The molecule has 1 aromatic rings. The molecule has 0 spiro atoms. The van der Waals surface area contributed by atoms with Crippen LogP contribution < -0.4 is 5.73 Å². The van der Waals surface area contributed by atoms with Crippen molar-refractivity contribution in [3.63, 3.8) is 0 Å². The quantitative estimate of drug-likeness (QED) is 0.819. The second-order valence-electron chi connectivity index (χ2n) is 4.79. The van der Waals surface area contributed by atoms with Gasteiger partial charge in [0.25, 0.3) is 0 Å². The highest BCUT2D eigenvalue weighted by molar-refractivity contribution is 7.89. The average molecular weight is 272 g/mol. The maximum Gasteiger partial charge on any atom is 0.243 e. The first kappa shape index (κ1) is 15.1. The predicted octanol–water partition coefficient (Wildman–Crippen LogP) is 0.537. The summed E-state index contributed by atoms with van der Waals surface area (Å²) in [5.74, 6) is 0. The lowest BCUT2D eigenvalue weighted by Gasteiger charge is -2.32. The van der Waals surface area contributed by atoms with Crippen molar-refractivity contribution in [1.82, 2.24) is 4.31 Å². The van der Waals surface area contributed by atoms with Crippen molar-refractivity contribution in [1.29, 1.82) is 0 Å². The third kappa shape index (κ3) is 2.89. The highest BCUT2D eigenvalue weighted by atomic mass is 32.2. The SMILES string of the molecule is CN(C(C)(C)CO)S(=O)(=O)c1ccc(CN)cc1. The van der Waals surface area contributed by atoms with Gasteiger partial charge in [-0.25, -0.2) is 8.42 Å². The monoisotopic (exact) mass is 272 g/mol. The molecular formula is C12H20N2O3S. The second-order valence-corrected chi connectivity index (χ2v) is 6.76. The largest absolute Gasteiger partial charge is 0.394 e. The van der Waals surface area contributed by atoms with E-state index < -0.39 is 15.6 Å². The Morgan fingerprint density at radius 1 is 1.28 bits per heavy atom. The molecule has 0 aromatic heterocycles. The summed E-state index contributed by atoms with van der Waals surface area (Å²) in [6.45, 7) is 3.46. The van der Waals surface area contributed by atoms with Gasteiger partial charge in [-0.1, -0.05) is 12.1 Å². The van der Waals surface area contributed by atoms with Gasteiger partial charge in [-0.05, 0) is 31.5 Å². The van der Waals surface area contributed by atoms with E-state index in [9.17, 15) is 13.5 Å². The van der Waals surface area contributed by atoms with Gasteiger partial charge >= 0.3 is 0 Å². The van der Waals surface area contributed by atoms with Crippen LogP contribution in [-0.4, -0.2) is 37.0 Å². The van der Waals surface area contributed by atoms with Crippen LogP contribution in [-0.2, 0) is 16.6 Å². The summed E-state index contributed by atoms with van der Waals surface area (Å²) in [4.78, 5) is 0.198. The molecule has 0 unspecified atom stereocenters. The van der Waals surface area contributed by atoms with Crippen molar-refractivity contribution in [2.45, 2.75) is 30.8 Å². The molecule has 0 saturated carbocycles. The molecule has 0 aliphatic rings. The minimum atomic E-state index is -3.60. The number of rotatable bonds is 5. The van der Waals surface area contributed by atoms with Gasteiger partial charge in [-0.15, -0.1) is 0 Å². The Morgan fingerprint density at radius 3 is 2.17 bits per heavy atom. The first-order valence-corrected chi connectivity index (χ1v) is 7.08. The van der Waals surface area contributed by atoms with Gasteiger partial charge in [0.2, 0.25) is 10.0 Å². The van der Waals surface area contributed by atoms with Crippen molar-refractivity contribution < 1.29 is 13.5 Å². The molecule has 0 bridgehead atoms. The van der Waals surface area contributed by atoms with Crippen LogP contribution in [0, 0.1) is 0 Å². The molecule has 0 heterocycles. The van der Waals surface area contributed by atoms with E-state index in [2.05, 4.69) is 0 Å². The molecule has 1 rings (SSSR count). The maximum absolute atomic E-state index is 12.3. The maximum atomic E-state index is 12.3. The number of hydrogen-bond acceptors (Lipinski definition) is 4. The Balaban J connectivity index is 3.13. The van der Waals surface area contributed by atoms with Gasteiger partial charge in [-0.3, -0.25) is 0 Å². The third-order valence-corrected chi connectivity index (χ3v) is 5.14. The van der Waals surface area contributed by atoms with Gasteiger partial charge in [0, 0.05) is 13.6 Å². The molecule has 5 nitrogen and oxygen atoms in total.